The van der Waals surface area contributed by atoms with E-state index in [1.54, 1.807) is 6.07 Å². The van der Waals surface area contributed by atoms with Crippen molar-refractivity contribution in [2.45, 2.75) is 79.0 Å². The molecule has 1 heterocycles. The third-order valence-electron chi connectivity index (χ3n) is 5.29. The molecule has 164 valence electrons. The van der Waals surface area contributed by atoms with Crippen LogP contribution >= 0.6 is 0 Å². The van der Waals surface area contributed by atoms with Gasteiger partial charge in [0.15, 0.2) is 5.96 Å². The lowest BCUT2D eigenvalue weighted by molar-refractivity contribution is 0.145. The Bertz CT molecular complexity index is 663. The zero-order valence-electron chi connectivity index (χ0n) is 18.8. The molecule has 1 unspecified atom stereocenters. The summed E-state index contributed by atoms with van der Waals surface area (Å²) in [5.74, 6) is 0.550. The molecular formula is C23H39FN4O. The number of nitrogens with zero attached hydrogens (tertiary/aromatic N) is 2. The molecule has 0 bridgehead atoms. The standard InChI is InChI=1S/C23H39FN4O/c1-6-25-22(27-17(2)9-12-23(3,4)5)26-16-18-7-8-21(20(24)15-18)28-13-10-19(29)11-14-28/h7-8,15,17,19,29H,6,9-14,16H2,1-5H3,(H2,25,26,27). The molecule has 0 spiro atoms. The molecule has 1 aromatic carbocycles. The number of hydrogen-bond donors (Lipinski definition) is 3. The molecule has 1 atom stereocenters. The molecule has 5 nitrogen and oxygen atoms in total. The fourth-order valence-electron chi connectivity index (χ4n) is 3.46. The van der Waals surface area contributed by atoms with Crippen molar-refractivity contribution in [2.75, 3.05) is 24.5 Å². The smallest absolute Gasteiger partial charge is 0.191 e. The van der Waals surface area contributed by atoms with Crippen molar-refractivity contribution in [1.29, 1.82) is 0 Å². The van der Waals surface area contributed by atoms with Gasteiger partial charge in [0, 0.05) is 25.7 Å². The Hall–Kier alpha value is -1.82. The van der Waals surface area contributed by atoms with Gasteiger partial charge in [-0.2, -0.15) is 0 Å². The Morgan fingerprint density at radius 3 is 2.59 bits per heavy atom. The maximum absolute atomic E-state index is 14.6. The number of anilines is 1. The van der Waals surface area contributed by atoms with Crippen LogP contribution in [0, 0.1) is 11.2 Å². The van der Waals surface area contributed by atoms with Crippen LogP contribution in [0.15, 0.2) is 23.2 Å². The van der Waals surface area contributed by atoms with E-state index in [1.807, 2.05) is 24.0 Å². The largest absolute Gasteiger partial charge is 0.393 e. The minimum Gasteiger partial charge on any atom is -0.393 e. The number of benzene rings is 1. The molecule has 3 N–H and O–H groups in total. The average molecular weight is 407 g/mol. The van der Waals surface area contributed by atoms with Gasteiger partial charge in [0.25, 0.3) is 0 Å². The summed E-state index contributed by atoms with van der Waals surface area (Å²) in [7, 11) is 0. The Morgan fingerprint density at radius 1 is 1.31 bits per heavy atom. The topological polar surface area (TPSA) is 59.9 Å². The summed E-state index contributed by atoms with van der Waals surface area (Å²) in [6, 6.07) is 5.68. The first-order valence-corrected chi connectivity index (χ1v) is 10.9. The number of aliphatic hydroxyl groups excluding tert-OH is 1. The maximum atomic E-state index is 14.6. The fourth-order valence-corrected chi connectivity index (χ4v) is 3.46. The van der Waals surface area contributed by atoms with E-state index >= 15 is 0 Å². The number of halogens is 1. The van der Waals surface area contributed by atoms with Gasteiger partial charge in [-0.15, -0.1) is 0 Å². The highest BCUT2D eigenvalue weighted by Crippen LogP contribution is 2.24. The Labute approximate surface area is 175 Å². The summed E-state index contributed by atoms with van der Waals surface area (Å²) in [4.78, 5) is 6.65. The molecule has 1 aliphatic heterocycles. The van der Waals surface area contributed by atoms with E-state index in [4.69, 9.17) is 0 Å². The van der Waals surface area contributed by atoms with Crippen LogP contribution in [0.25, 0.3) is 0 Å². The number of nitrogens with one attached hydrogen (secondary N) is 2. The van der Waals surface area contributed by atoms with E-state index in [9.17, 15) is 9.50 Å². The highest BCUT2D eigenvalue weighted by atomic mass is 19.1. The third-order valence-corrected chi connectivity index (χ3v) is 5.29. The summed E-state index contributed by atoms with van der Waals surface area (Å²) >= 11 is 0. The normalized spacial score (nSPS) is 17.3. The van der Waals surface area contributed by atoms with Crippen molar-refractivity contribution in [2.24, 2.45) is 10.4 Å². The van der Waals surface area contributed by atoms with Gasteiger partial charge in [-0.3, -0.25) is 0 Å². The quantitative estimate of drug-likeness (QED) is 0.472. The highest BCUT2D eigenvalue weighted by Gasteiger charge is 2.19. The molecule has 1 fully saturated rings. The zero-order valence-corrected chi connectivity index (χ0v) is 18.8. The molecule has 0 radical (unpaired) electrons. The Morgan fingerprint density at radius 2 is 2.00 bits per heavy atom. The first-order valence-electron chi connectivity index (χ1n) is 10.9. The van der Waals surface area contributed by atoms with Gasteiger partial charge < -0.3 is 20.6 Å². The molecule has 0 saturated carbocycles. The molecule has 0 amide bonds. The van der Waals surface area contributed by atoms with Crippen LogP contribution in [0.4, 0.5) is 10.1 Å². The molecule has 0 aliphatic carbocycles. The van der Waals surface area contributed by atoms with Gasteiger partial charge in [-0.05, 0) is 62.6 Å². The van der Waals surface area contributed by atoms with Crippen LogP contribution in [0.2, 0.25) is 0 Å². The van der Waals surface area contributed by atoms with E-state index in [0.29, 0.717) is 49.6 Å². The molecule has 29 heavy (non-hydrogen) atoms. The highest BCUT2D eigenvalue weighted by molar-refractivity contribution is 5.80. The second-order valence-electron chi connectivity index (χ2n) is 9.34. The van der Waals surface area contributed by atoms with E-state index in [1.165, 1.54) is 0 Å². The summed E-state index contributed by atoms with van der Waals surface area (Å²) in [6.07, 6.45) is 3.33. The van der Waals surface area contributed by atoms with Gasteiger partial charge in [0.1, 0.15) is 5.82 Å². The van der Waals surface area contributed by atoms with Gasteiger partial charge >= 0.3 is 0 Å². The minimum atomic E-state index is -0.259. The molecule has 1 aliphatic rings. The lowest BCUT2D eigenvalue weighted by Crippen LogP contribution is -2.42. The zero-order chi connectivity index (χ0) is 21.4. The van der Waals surface area contributed by atoms with Crippen LogP contribution < -0.4 is 15.5 Å². The lowest BCUT2D eigenvalue weighted by atomic mass is 9.89. The number of aliphatic imine (C=N–C) groups is 1. The van der Waals surface area contributed by atoms with E-state index in [2.05, 4.69) is 43.3 Å². The number of aliphatic hydroxyl groups is 1. The Kier molecular flexibility index (Phi) is 8.75. The van der Waals surface area contributed by atoms with Crippen LogP contribution in [-0.2, 0) is 6.54 Å². The van der Waals surface area contributed by atoms with Crippen LogP contribution in [0.3, 0.4) is 0 Å². The summed E-state index contributed by atoms with van der Waals surface area (Å²) in [6.45, 7) is 13.6. The monoisotopic (exact) mass is 406 g/mol. The van der Waals surface area contributed by atoms with Gasteiger partial charge in [0.2, 0.25) is 0 Å². The first-order chi connectivity index (χ1) is 13.7. The SMILES string of the molecule is CCNC(=NCc1ccc(N2CCC(O)CC2)c(F)c1)NC(C)CCC(C)(C)C. The predicted octanol–water partition coefficient (Wildman–Crippen LogP) is 4.06. The number of rotatable bonds is 7. The lowest BCUT2D eigenvalue weighted by Gasteiger charge is -2.31. The molecule has 6 heteroatoms. The van der Waals surface area contributed by atoms with Crippen molar-refractivity contribution in [3.8, 4) is 0 Å². The molecule has 0 aromatic heterocycles. The van der Waals surface area contributed by atoms with Gasteiger partial charge in [-0.25, -0.2) is 9.38 Å². The van der Waals surface area contributed by atoms with Gasteiger partial charge in [0.05, 0.1) is 18.3 Å². The summed E-state index contributed by atoms with van der Waals surface area (Å²) in [5, 5.41) is 16.4. The Balaban J connectivity index is 1.96. The van der Waals surface area contributed by atoms with Crippen LogP contribution in [-0.4, -0.2) is 42.8 Å². The van der Waals surface area contributed by atoms with Crippen molar-refractivity contribution >= 4 is 11.6 Å². The molecular weight excluding hydrogens is 367 g/mol. The number of hydrogen-bond acceptors (Lipinski definition) is 3. The number of guanidine groups is 1. The second-order valence-corrected chi connectivity index (χ2v) is 9.34. The predicted molar refractivity (Wildman–Crippen MR) is 120 cm³/mol. The summed E-state index contributed by atoms with van der Waals surface area (Å²) in [5.41, 5.74) is 1.78. The minimum absolute atomic E-state index is 0.217. The average Bonchev–Trinajstić information content (AvgIpc) is 2.65. The van der Waals surface area contributed by atoms with E-state index in [-0.39, 0.29) is 11.9 Å². The molecule has 1 aromatic rings. The molecule has 1 saturated heterocycles. The number of piperidine rings is 1. The molecule has 2 rings (SSSR count). The van der Waals surface area contributed by atoms with Crippen molar-refractivity contribution in [3.05, 3.63) is 29.6 Å². The van der Waals surface area contributed by atoms with Crippen LogP contribution in [0.1, 0.15) is 65.9 Å². The van der Waals surface area contributed by atoms with Crippen molar-refractivity contribution in [1.82, 2.24) is 10.6 Å². The van der Waals surface area contributed by atoms with Crippen molar-refractivity contribution in [3.63, 3.8) is 0 Å². The van der Waals surface area contributed by atoms with E-state index in [0.717, 1.165) is 30.9 Å². The second kappa shape index (κ2) is 10.8. The summed E-state index contributed by atoms with van der Waals surface area (Å²) < 4.78 is 14.6. The van der Waals surface area contributed by atoms with Crippen molar-refractivity contribution < 1.29 is 9.50 Å². The van der Waals surface area contributed by atoms with E-state index < -0.39 is 0 Å². The van der Waals surface area contributed by atoms with Crippen LogP contribution in [0.5, 0.6) is 0 Å². The first kappa shape index (κ1) is 23.5. The maximum Gasteiger partial charge on any atom is 0.191 e. The fraction of sp³-hybridized carbons (Fsp3) is 0.696. The van der Waals surface area contributed by atoms with Gasteiger partial charge in [-0.1, -0.05) is 26.8 Å². The third kappa shape index (κ3) is 8.21.